The second-order valence-electron chi connectivity index (χ2n) is 6.69. The summed E-state index contributed by atoms with van der Waals surface area (Å²) in [6, 6.07) is 6.00. The molecular formula is C18H24N2O3S. The summed E-state index contributed by atoms with van der Waals surface area (Å²) < 4.78 is 23.4. The van der Waals surface area contributed by atoms with Crippen LogP contribution in [-0.4, -0.2) is 48.3 Å². The van der Waals surface area contributed by atoms with Crippen molar-refractivity contribution in [3.8, 4) is 0 Å². The van der Waals surface area contributed by atoms with Gasteiger partial charge in [-0.15, -0.1) is 0 Å². The number of likely N-dealkylation sites (N-methyl/N-ethyl adjacent to an activating group) is 1. The second kappa shape index (κ2) is 6.24. The van der Waals surface area contributed by atoms with E-state index in [0.29, 0.717) is 19.4 Å². The van der Waals surface area contributed by atoms with Crippen LogP contribution < -0.4 is 0 Å². The van der Waals surface area contributed by atoms with Crippen LogP contribution in [0.1, 0.15) is 30.2 Å². The van der Waals surface area contributed by atoms with Crippen molar-refractivity contribution in [3.63, 3.8) is 0 Å². The van der Waals surface area contributed by atoms with E-state index in [1.165, 1.54) is 0 Å². The van der Waals surface area contributed by atoms with Crippen LogP contribution in [0.4, 0.5) is 0 Å². The van der Waals surface area contributed by atoms with E-state index in [0.717, 1.165) is 27.7 Å². The van der Waals surface area contributed by atoms with Gasteiger partial charge in [0.25, 0.3) is 0 Å². The molecule has 1 aliphatic heterocycles. The molecule has 0 spiro atoms. The van der Waals surface area contributed by atoms with Crippen molar-refractivity contribution in [2.75, 3.05) is 18.1 Å². The van der Waals surface area contributed by atoms with Crippen molar-refractivity contribution >= 4 is 26.6 Å². The molecule has 1 saturated heterocycles. The van der Waals surface area contributed by atoms with Crippen LogP contribution in [0.3, 0.4) is 0 Å². The summed E-state index contributed by atoms with van der Waals surface area (Å²) in [7, 11) is -2.99. The molecule has 0 saturated carbocycles. The molecule has 130 valence electrons. The largest absolute Gasteiger partial charge is 0.358 e. The highest BCUT2D eigenvalue weighted by Gasteiger charge is 2.34. The van der Waals surface area contributed by atoms with Gasteiger partial charge in [0, 0.05) is 29.2 Å². The third kappa shape index (κ3) is 3.20. The molecule has 1 aromatic carbocycles. The summed E-state index contributed by atoms with van der Waals surface area (Å²) in [5, 5.41) is 1.08. The average Bonchev–Trinajstić information content (AvgIpc) is 3.01. The van der Waals surface area contributed by atoms with Gasteiger partial charge >= 0.3 is 0 Å². The minimum Gasteiger partial charge on any atom is -0.358 e. The zero-order valence-electron chi connectivity index (χ0n) is 14.4. The van der Waals surface area contributed by atoms with Crippen LogP contribution in [0.2, 0.25) is 0 Å². The van der Waals surface area contributed by atoms with Crippen LogP contribution in [0.25, 0.3) is 10.9 Å². The Labute approximate surface area is 143 Å². The van der Waals surface area contributed by atoms with Crippen molar-refractivity contribution in [1.29, 1.82) is 0 Å². The van der Waals surface area contributed by atoms with Gasteiger partial charge in [0.2, 0.25) is 5.91 Å². The van der Waals surface area contributed by atoms with E-state index in [1.54, 1.807) is 4.90 Å². The highest BCUT2D eigenvalue weighted by atomic mass is 32.2. The molecule has 1 fully saturated rings. The maximum atomic E-state index is 12.8. The molecule has 0 radical (unpaired) electrons. The number of aromatic amines is 1. The Bertz CT molecular complexity index is 883. The first-order valence-corrected chi connectivity index (χ1v) is 10.2. The maximum Gasteiger partial charge on any atom is 0.227 e. The zero-order chi connectivity index (χ0) is 17.5. The molecule has 1 aromatic heterocycles. The summed E-state index contributed by atoms with van der Waals surface area (Å²) in [5.41, 5.74) is 4.20. The summed E-state index contributed by atoms with van der Waals surface area (Å²) >= 11 is 0. The van der Waals surface area contributed by atoms with Gasteiger partial charge in [0.05, 0.1) is 17.9 Å². The van der Waals surface area contributed by atoms with E-state index >= 15 is 0 Å². The molecular weight excluding hydrogens is 324 g/mol. The predicted molar refractivity (Wildman–Crippen MR) is 95.9 cm³/mol. The molecule has 0 bridgehead atoms. The lowest BCUT2D eigenvalue weighted by atomic mass is 10.0. The standard InChI is InChI=1S/C18H24N2O3S/c1-4-20(14-7-8-24(22,23)11-14)18(21)10-15-13(3)19-17-6-5-12(2)9-16(15)17/h5-6,9,14,19H,4,7-8,10-11H2,1-3H3. The van der Waals surface area contributed by atoms with Crippen molar-refractivity contribution in [2.24, 2.45) is 0 Å². The average molecular weight is 348 g/mol. The lowest BCUT2D eigenvalue weighted by Crippen LogP contribution is -2.41. The SMILES string of the molecule is CCN(C(=O)Cc1c(C)[nH]c2ccc(C)cc12)C1CCS(=O)(=O)C1. The number of rotatable bonds is 4. The Balaban J connectivity index is 1.86. The Hall–Kier alpha value is -1.82. The van der Waals surface area contributed by atoms with Gasteiger partial charge in [0.1, 0.15) is 0 Å². The molecule has 1 N–H and O–H groups in total. The number of nitrogens with zero attached hydrogens (tertiary/aromatic N) is 1. The number of aryl methyl sites for hydroxylation is 2. The van der Waals surface area contributed by atoms with Crippen LogP contribution in [-0.2, 0) is 21.1 Å². The fourth-order valence-electron chi connectivity index (χ4n) is 3.64. The molecule has 6 heteroatoms. The highest BCUT2D eigenvalue weighted by molar-refractivity contribution is 7.91. The van der Waals surface area contributed by atoms with E-state index in [9.17, 15) is 13.2 Å². The zero-order valence-corrected chi connectivity index (χ0v) is 15.2. The van der Waals surface area contributed by atoms with E-state index in [-0.39, 0.29) is 23.5 Å². The highest BCUT2D eigenvalue weighted by Crippen LogP contribution is 2.25. The Morgan fingerprint density at radius 3 is 2.71 bits per heavy atom. The third-order valence-electron chi connectivity index (χ3n) is 4.91. The summed E-state index contributed by atoms with van der Waals surface area (Å²) in [5.74, 6) is 0.288. The number of hydrogen-bond acceptors (Lipinski definition) is 3. The Morgan fingerprint density at radius 1 is 1.33 bits per heavy atom. The molecule has 0 aliphatic carbocycles. The van der Waals surface area contributed by atoms with Gasteiger partial charge in [-0.2, -0.15) is 0 Å². The molecule has 1 aliphatic rings. The number of benzene rings is 1. The quantitative estimate of drug-likeness (QED) is 0.922. The van der Waals surface area contributed by atoms with E-state index in [1.807, 2.05) is 32.9 Å². The number of H-pyrrole nitrogens is 1. The first-order valence-electron chi connectivity index (χ1n) is 8.38. The molecule has 2 heterocycles. The van der Waals surface area contributed by atoms with Gasteiger partial charge in [-0.3, -0.25) is 4.79 Å². The molecule has 1 unspecified atom stereocenters. The molecule has 1 atom stereocenters. The molecule has 24 heavy (non-hydrogen) atoms. The van der Waals surface area contributed by atoms with Crippen molar-refractivity contribution in [3.05, 3.63) is 35.0 Å². The number of hydrogen-bond donors (Lipinski definition) is 1. The summed E-state index contributed by atoms with van der Waals surface area (Å²) in [6.45, 7) is 6.47. The predicted octanol–water partition coefficient (Wildman–Crippen LogP) is 2.36. The fraction of sp³-hybridized carbons (Fsp3) is 0.500. The number of aromatic nitrogens is 1. The minimum atomic E-state index is -2.99. The van der Waals surface area contributed by atoms with Gasteiger partial charge in [-0.05, 0) is 44.9 Å². The van der Waals surface area contributed by atoms with E-state index in [2.05, 4.69) is 11.1 Å². The van der Waals surface area contributed by atoms with Crippen molar-refractivity contribution in [1.82, 2.24) is 9.88 Å². The first kappa shape index (κ1) is 17.0. The van der Waals surface area contributed by atoms with Crippen LogP contribution >= 0.6 is 0 Å². The van der Waals surface area contributed by atoms with Gasteiger partial charge in [-0.1, -0.05) is 11.6 Å². The van der Waals surface area contributed by atoms with Gasteiger partial charge in [0.15, 0.2) is 9.84 Å². The molecule has 2 aromatic rings. The topological polar surface area (TPSA) is 70.2 Å². The van der Waals surface area contributed by atoms with Crippen molar-refractivity contribution in [2.45, 2.75) is 39.7 Å². The van der Waals surface area contributed by atoms with Crippen LogP contribution in [0.15, 0.2) is 18.2 Å². The molecule has 3 rings (SSSR count). The third-order valence-corrected chi connectivity index (χ3v) is 6.66. The van der Waals surface area contributed by atoms with Crippen LogP contribution in [0.5, 0.6) is 0 Å². The molecule has 5 nitrogen and oxygen atoms in total. The maximum absolute atomic E-state index is 12.8. The smallest absolute Gasteiger partial charge is 0.227 e. The number of carbonyl (C=O) groups is 1. The first-order chi connectivity index (χ1) is 11.3. The summed E-state index contributed by atoms with van der Waals surface area (Å²) in [6.07, 6.45) is 0.855. The van der Waals surface area contributed by atoms with E-state index in [4.69, 9.17) is 0 Å². The number of nitrogens with one attached hydrogen (secondary N) is 1. The number of sulfone groups is 1. The summed E-state index contributed by atoms with van der Waals surface area (Å²) in [4.78, 5) is 17.9. The number of fused-ring (bicyclic) bond motifs is 1. The number of amides is 1. The number of carbonyl (C=O) groups excluding carboxylic acids is 1. The lowest BCUT2D eigenvalue weighted by molar-refractivity contribution is -0.132. The van der Waals surface area contributed by atoms with Crippen molar-refractivity contribution < 1.29 is 13.2 Å². The second-order valence-corrected chi connectivity index (χ2v) is 8.92. The Morgan fingerprint density at radius 2 is 2.08 bits per heavy atom. The normalized spacial score (nSPS) is 19.7. The Kier molecular flexibility index (Phi) is 4.42. The minimum absolute atomic E-state index is 0.00473. The van der Waals surface area contributed by atoms with Gasteiger partial charge < -0.3 is 9.88 Å². The molecule has 1 amide bonds. The van der Waals surface area contributed by atoms with Gasteiger partial charge in [-0.25, -0.2) is 8.42 Å². The fourth-order valence-corrected chi connectivity index (χ4v) is 5.37. The van der Waals surface area contributed by atoms with E-state index < -0.39 is 9.84 Å². The van der Waals surface area contributed by atoms with Crippen LogP contribution in [0, 0.1) is 13.8 Å². The lowest BCUT2D eigenvalue weighted by Gasteiger charge is -2.27. The monoisotopic (exact) mass is 348 g/mol.